The Bertz CT molecular complexity index is 2850. The molecule has 0 aliphatic heterocycles. The number of hydrogen-bond donors (Lipinski definition) is 0. The molecule has 0 saturated carbocycles. The van der Waals surface area contributed by atoms with E-state index in [9.17, 15) is 0 Å². The van der Waals surface area contributed by atoms with Crippen LogP contribution in [0.3, 0.4) is 0 Å². The second kappa shape index (κ2) is 11.9. The zero-order valence-corrected chi connectivity index (χ0v) is 27.6. The second-order valence-corrected chi connectivity index (χ2v) is 12.8. The molecule has 0 aliphatic rings. The van der Waals surface area contributed by atoms with Crippen LogP contribution in [-0.2, 0) is 0 Å². The molecule has 4 nitrogen and oxygen atoms in total. The highest BCUT2D eigenvalue weighted by Gasteiger charge is 2.18. The molecule has 2 heterocycles. The normalized spacial score (nSPS) is 11.5. The summed E-state index contributed by atoms with van der Waals surface area (Å²) in [4.78, 5) is 15.3. The van der Waals surface area contributed by atoms with Crippen molar-refractivity contribution >= 4 is 43.4 Å². The van der Waals surface area contributed by atoms with Gasteiger partial charge in [-0.05, 0) is 51.6 Å². The number of para-hydroxylation sites is 2. The van der Waals surface area contributed by atoms with Gasteiger partial charge in [-0.3, -0.25) is 0 Å². The maximum Gasteiger partial charge on any atom is 0.164 e. The van der Waals surface area contributed by atoms with Crippen LogP contribution in [0.25, 0.3) is 94.3 Å². The van der Waals surface area contributed by atoms with Gasteiger partial charge >= 0.3 is 0 Å². The van der Waals surface area contributed by atoms with Gasteiger partial charge in [-0.2, -0.15) is 0 Å². The smallest absolute Gasteiger partial charge is 0.164 e. The van der Waals surface area contributed by atoms with Gasteiger partial charge in [0.1, 0.15) is 0 Å². The Morgan fingerprint density at radius 2 is 0.804 bits per heavy atom. The number of benzene rings is 8. The van der Waals surface area contributed by atoms with Crippen molar-refractivity contribution in [2.45, 2.75) is 0 Å². The Morgan fingerprint density at radius 1 is 0.294 bits per heavy atom. The Morgan fingerprint density at radius 3 is 1.51 bits per heavy atom. The van der Waals surface area contributed by atoms with Crippen LogP contribution in [0.2, 0.25) is 0 Å². The van der Waals surface area contributed by atoms with E-state index >= 15 is 0 Å². The molecular formula is C47H30N4. The SMILES string of the molecule is c1ccc(-c2nc(-c3ccc(-c4cccc5ccccc45)cc3)nc(-c3ccc(-n4c5ccccc5c5ccccc54)c4ccccc34)n2)cc1. The van der Waals surface area contributed by atoms with Gasteiger partial charge in [-0.15, -0.1) is 0 Å². The van der Waals surface area contributed by atoms with E-state index < -0.39 is 0 Å². The summed E-state index contributed by atoms with van der Waals surface area (Å²) in [6, 6.07) is 63.9. The zero-order chi connectivity index (χ0) is 33.7. The number of hydrogen-bond acceptors (Lipinski definition) is 3. The molecule has 10 rings (SSSR count). The third kappa shape index (κ3) is 4.88. The molecule has 0 bridgehead atoms. The fraction of sp³-hybridized carbons (Fsp3) is 0. The van der Waals surface area contributed by atoms with Gasteiger partial charge in [0, 0.05) is 32.8 Å². The summed E-state index contributed by atoms with van der Waals surface area (Å²) in [5.41, 5.74) is 8.67. The van der Waals surface area contributed by atoms with Gasteiger partial charge in [0.25, 0.3) is 0 Å². The molecule has 0 N–H and O–H groups in total. The van der Waals surface area contributed by atoms with Gasteiger partial charge in [0.2, 0.25) is 0 Å². The lowest BCUT2D eigenvalue weighted by Gasteiger charge is -2.15. The third-order valence-corrected chi connectivity index (χ3v) is 9.87. The van der Waals surface area contributed by atoms with Crippen molar-refractivity contribution in [3.63, 3.8) is 0 Å². The molecule has 0 fully saturated rings. The van der Waals surface area contributed by atoms with Gasteiger partial charge in [0.15, 0.2) is 17.5 Å². The van der Waals surface area contributed by atoms with E-state index in [1.54, 1.807) is 0 Å². The summed E-state index contributed by atoms with van der Waals surface area (Å²) in [5, 5.41) is 7.15. The summed E-state index contributed by atoms with van der Waals surface area (Å²) in [6.07, 6.45) is 0. The van der Waals surface area contributed by atoms with E-state index in [4.69, 9.17) is 15.0 Å². The lowest BCUT2D eigenvalue weighted by molar-refractivity contribution is 1.08. The van der Waals surface area contributed by atoms with E-state index in [0.717, 1.165) is 38.7 Å². The van der Waals surface area contributed by atoms with Crippen LogP contribution >= 0.6 is 0 Å². The Kier molecular flexibility index (Phi) is 6.78. The van der Waals surface area contributed by atoms with Crippen LogP contribution in [0.4, 0.5) is 0 Å². The maximum atomic E-state index is 5.17. The van der Waals surface area contributed by atoms with E-state index in [-0.39, 0.29) is 0 Å². The van der Waals surface area contributed by atoms with Crippen molar-refractivity contribution in [2.24, 2.45) is 0 Å². The predicted octanol–water partition coefficient (Wildman–Crippen LogP) is 11.9. The van der Waals surface area contributed by atoms with Gasteiger partial charge < -0.3 is 4.57 Å². The first kappa shape index (κ1) is 29.0. The van der Waals surface area contributed by atoms with Crippen LogP contribution in [0.1, 0.15) is 0 Å². The molecule has 0 atom stereocenters. The molecule has 4 heteroatoms. The number of aromatic nitrogens is 4. The van der Waals surface area contributed by atoms with Crippen molar-refractivity contribution in [3.05, 3.63) is 182 Å². The molecule has 51 heavy (non-hydrogen) atoms. The van der Waals surface area contributed by atoms with Crippen LogP contribution in [0.15, 0.2) is 182 Å². The minimum atomic E-state index is 0.638. The van der Waals surface area contributed by atoms with Crippen LogP contribution < -0.4 is 0 Å². The van der Waals surface area contributed by atoms with E-state index in [0.29, 0.717) is 17.5 Å². The Hall–Kier alpha value is -6.91. The first-order valence-electron chi connectivity index (χ1n) is 17.2. The van der Waals surface area contributed by atoms with Crippen molar-refractivity contribution in [2.75, 3.05) is 0 Å². The standard InChI is InChI=1S/C47H30N4/c1-2-14-33(15-3-1)45-48-46(34-27-25-32(26-28-34)36-22-12-16-31-13-4-5-17-35(31)36)50-47(49-45)41-29-30-44(38-19-7-6-18-37(38)41)51-42-23-10-8-20-39(42)40-21-9-11-24-43(40)51/h1-30H. The van der Waals surface area contributed by atoms with Crippen molar-refractivity contribution in [3.8, 4) is 51.0 Å². The highest BCUT2D eigenvalue weighted by atomic mass is 15.0. The molecule has 8 aromatic carbocycles. The molecule has 0 radical (unpaired) electrons. The zero-order valence-electron chi connectivity index (χ0n) is 27.6. The number of rotatable bonds is 5. The van der Waals surface area contributed by atoms with Crippen LogP contribution in [0, 0.1) is 0 Å². The van der Waals surface area contributed by atoms with Crippen molar-refractivity contribution in [1.29, 1.82) is 0 Å². The Balaban J connectivity index is 1.15. The summed E-state index contributed by atoms with van der Waals surface area (Å²) in [7, 11) is 0. The first-order valence-corrected chi connectivity index (χ1v) is 17.2. The minimum Gasteiger partial charge on any atom is -0.309 e. The lowest BCUT2D eigenvalue weighted by atomic mass is 9.97. The van der Waals surface area contributed by atoms with E-state index in [1.807, 2.05) is 18.2 Å². The fourth-order valence-electron chi connectivity index (χ4n) is 7.47. The molecular weight excluding hydrogens is 621 g/mol. The van der Waals surface area contributed by atoms with Crippen molar-refractivity contribution < 1.29 is 0 Å². The van der Waals surface area contributed by atoms with Crippen molar-refractivity contribution in [1.82, 2.24) is 19.5 Å². The first-order chi connectivity index (χ1) is 25.3. The highest BCUT2D eigenvalue weighted by molar-refractivity contribution is 6.11. The molecule has 238 valence electrons. The average molecular weight is 651 g/mol. The topological polar surface area (TPSA) is 43.6 Å². The molecule has 0 saturated heterocycles. The predicted molar refractivity (Wildman–Crippen MR) is 211 cm³/mol. The molecule has 0 unspecified atom stereocenters. The molecule has 2 aromatic heterocycles. The van der Waals surface area contributed by atoms with E-state index in [2.05, 4.69) is 168 Å². The second-order valence-electron chi connectivity index (χ2n) is 12.8. The van der Waals surface area contributed by atoms with E-state index in [1.165, 1.54) is 38.1 Å². The molecule has 0 spiro atoms. The van der Waals surface area contributed by atoms with Crippen LogP contribution in [-0.4, -0.2) is 19.5 Å². The monoisotopic (exact) mass is 650 g/mol. The maximum absolute atomic E-state index is 5.17. The summed E-state index contributed by atoms with van der Waals surface area (Å²) in [6.45, 7) is 0. The summed E-state index contributed by atoms with van der Waals surface area (Å²) in [5.74, 6) is 1.92. The largest absolute Gasteiger partial charge is 0.309 e. The van der Waals surface area contributed by atoms with Gasteiger partial charge in [-0.1, -0.05) is 158 Å². The van der Waals surface area contributed by atoms with Gasteiger partial charge in [0.05, 0.1) is 16.7 Å². The number of fused-ring (bicyclic) bond motifs is 5. The average Bonchev–Trinajstić information content (AvgIpc) is 3.54. The highest BCUT2D eigenvalue weighted by Crippen LogP contribution is 2.38. The van der Waals surface area contributed by atoms with Gasteiger partial charge in [-0.25, -0.2) is 15.0 Å². The fourth-order valence-corrected chi connectivity index (χ4v) is 7.47. The summed E-state index contributed by atoms with van der Waals surface area (Å²) < 4.78 is 2.38. The lowest BCUT2D eigenvalue weighted by Crippen LogP contribution is -2.01. The molecule has 0 aliphatic carbocycles. The molecule has 0 amide bonds. The number of nitrogens with zero attached hydrogens (tertiary/aromatic N) is 4. The minimum absolute atomic E-state index is 0.638. The Labute approximate surface area is 295 Å². The quantitative estimate of drug-likeness (QED) is 0.186. The van der Waals surface area contributed by atoms with Crippen LogP contribution in [0.5, 0.6) is 0 Å². The summed E-state index contributed by atoms with van der Waals surface area (Å²) >= 11 is 0. The third-order valence-electron chi connectivity index (χ3n) is 9.87. The molecule has 10 aromatic rings.